The number of hydrogen-bond acceptors (Lipinski definition) is 2. The maximum atomic E-state index is 10.0. The van der Waals surface area contributed by atoms with Gasteiger partial charge in [-0.2, -0.15) is 0 Å². The second kappa shape index (κ2) is 5.72. The zero-order valence-electron chi connectivity index (χ0n) is 10.5. The number of rotatable bonds is 6. The van der Waals surface area contributed by atoms with Crippen LogP contribution in [0.2, 0.25) is 0 Å². The molecule has 0 aliphatic carbocycles. The fraction of sp³-hybridized carbons (Fsp3) is 1.00. The largest absolute Gasteiger partial charge is 0.389 e. The van der Waals surface area contributed by atoms with E-state index in [1.807, 2.05) is 6.92 Å². The Kier molecular flexibility index (Phi) is 5.68. The topological polar surface area (TPSA) is 32.3 Å². The van der Waals surface area contributed by atoms with E-state index in [4.69, 9.17) is 0 Å². The van der Waals surface area contributed by atoms with Crippen LogP contribution in [0.3, 0.4) is 0 Å². The van der Waals surface area contributed by atoms with Gasteiger partial charge in [0, 0.05) is 12.1 Å². The summed E-state index contributed by atoms with van der Waals surface area (Å²) in [7, 11) is 0. The van der Waals surface area contributed by atoms with E-state index >= 15 is 0 Å². The van der Waals surface area contributed by atoms with E-state index in [2.05, 4.69) is 33.0 Å². The number of unbranched alkanes of at least 4 members (excludes halogenated alkanes) is 2. The van der Waals surface area contributed by atoms with Gasteiger partial charge in [-0.15, -0.1) is 0 Å². The quantitative estimate of drug-likeness (QED) is 0.648. The van der Waals surface area contributed by atoms with Crippen LogP contribution in [0.25, 0.3) is 0 Å². The van der Waals surface area contributed by atoms with Gasteiger partial charge in [-0.3, -0.25) is 0 Å². The van der Waals surface area contributed by atoms with E-state index in [1.54, 1.807) is 0 Å². The smallest absolute Gasteiger partial charge is 0.0743 e. The third-order valence-electron chi connectivity index (χ3n) is 2.32. The Balaban J connectivity index is 3.72. The van der Waals surface area contributed by atoms with Crippen LogP contribution >= 0.6 is 0 Å². The monoisotopic (exact) mass is 201 g/mol. The van der Waals surface area contributed by atoms with Crippen molar-refractivity contribution in [3.05, 3.63) is 0 Å². The molecular formula is C12H27NO. The molecule has 2 N–H and O–H groups in total. The van der Waals surface area contributed by atoms with E-state index in [1.165, 1.54) is 12.8 Å². The van der Waals surface area contributed by atoms with Crippen molar-refractivity contribution in [1.82, 2.24) is 5.32 Å². The fourth-order valence-corrected chi connectivity index (χ4v) is 1.30. The predicted molar refractivity (Wildman–Crippen MR) is 62.5 cm³/mol. The maximum Gasteiger partial charge on any atom is 0.0743 e. The van der Waals surface area contributed by atoms with E-state index in [0.717, 1.165) is 12.8 Å². The molecule has 0 aromatic rings. The third kappa shape index (κ3) is 8.52. The van der Waals surface area contributed by atoms with Crippen molar-refractivity contribution in [3.8, 4) is 0 Å². The van der Waals surface area contributed by atoms with Gasteiger partial charge in [0.2, 0.25) is 0 Å². The van der Waals surface area contributed by atoms with Crippen molar-refractivity contribution in [1.29, 1.82) is 0 Å². The summed E-state index contributed by atoms with van der Waals surface area (Å²) >= 11 is 0. The van der Waals surface area contributed by atoms with Gasteiger partial charge in [-0.1, -0.05) is 26.2 Å². The van der Waals surface area contributed by atoms with Gasteiger partial charge in [-0.25, -0.2) is 0 Å². The summed E-state index contributed by atoms with van der Waals surface area (Å²) in [6.07, 6.45) is 4.44. The molecule has 0 aliphatic heterocycles. The molecule has 0 saturated heterocycles. The second-order valence-electron chi connectivity index (χ2n) is 5.56. The Morgan fingerprint density at radius 1 is 1.07 bits per heavy atom. The summed E-state index contributed by atoms with van der Waals surface area (Å²) in [5.74, 6) is 0. The lowest BCUT2D eigenvalue weighted by Gasteiger charge is -2.29. The summed E-state index contributed by atoms with van der Waals surface area (Å²) in [4.78, 5) is 0. The lowest BCUT2D eigenvalue weighted by Crippen LogP contribution is -2.46. The first-order chi connectivity index (χ1) is 6.27. The van der Waals surface area contributed by atoms with Gasteiger partial charge in [0.1, 0.15) is 0 Å². The molecule has 1 atom stereocenters. The molecule has 0 spiro atoms. The van der Waals surface area contributed by atoms with Crippen LogP contribution in [0.1, 0.15) is 60.3 Å². The SMILES string of the molecule is CCCCCC(C)(O)CNC(C)(C)C. The molecule has 2 heteroatoms. The molecule has 0 saturated carbocycles. The predicted octanol–water partition coefficient (Wildman–Crippen LogP) is 2.71. The molecule has 0 fully saturated rings. The van der Waals surface area contributed by atoms with Gasteiger partial charge >= 0.3 is 0 Å². The molecule has 0 aromatic carbocycles. The summed E-state index contributed by atoms with van der Waals surface area (Å²) in [5, 5.41) is 13.4. The number of aliphatic hydroxyl groups is 1. The Labute approximate surface area is 89.1 Å². The van der Waals surface area contributed by atoms with Crippen LogP contribution < -0.4 is 5.32 Å². The molecular weight excluding hydrogens is 174 g/mol. The number of nitrogens with one attached hydrogen (secondary N) is 1. The van der Waals surface area contributed by atoms with Crippen LogP contribution in [0.4, 0.5) is 0 Å². The minimum atomic E-state index is -0.553. The van der Waals surface area contributed by atoms with Crippen molar-refractivity contribution in [2.45, 2.75) is 71.4 Å². The Bertz CT molecular complexity index is 147. The van der Waals surface area contributed by atoms with Gasteiger partial charge in [-0.05, 0) is 34.1 Å². The Morgan fingerprint density at radius 3 is 2.07 bits per heavy atom. The molecule has 2 nitrogen and oxygen atoms in total. The molecule has 14 heavy (non-hydrogen) atoms. The molecule has 0 bridgehead atoms. The first-order valence-corrected chi connectivity index (χ1v) is 5.74. The zero-order valence-corrected chi connectivity index (χ0v) is 10.5. The Hall–Kier alpha value is -0.0800. The van der Waals surface area contributed by atoms with E-state index < -0.39 is 5.60 Å². The van der Waals surface area contributed by atoms with Crippen molar-refractivity contribution in [2.24, 2.45) is 0 Å². The number of β-amino-alcohol motifs (C(OH)–C–C–N with tert-alkyl or cyclic N) is 1. The third-order valence-corrected chi connectivity index (χ3v) is 2.32. The van der Waals surface area contributed by atoms with Gasteiger partial charge in [0.25, 0.3) is 0 Å². The summed E-state index contributed by atoms with van der Waals surface area (Å²) in [6, 6.07) is 0. The lowest BCUT2D eigenvalue weighted by molar-refractivity contribution is 0.0420. The highest BCUT2D eigenvalue weighted by Crippen LogP contribution is 2.14. The van der Waals surface area contributed by atoms with Crippen LogP contribution in [0.5, 0.6) is 0 Å². The summed E-state index contributed by atoms with van der Waals surface area (Å²) in [5.41, 5.74) is -0.461. The van der Waals surface area contributed by atoms with Crippen LogP contribution in [-0.2, 0) is 0 Å². The fourth-order valence-electron chi connectivity index (χ4n) is 1.30. The molecule has 0 aliphatic rings. The highest BCUT2D eigenvalue weighted by Gasteiger charge is 2.21. The minimum absolute atomic E-state index is 0.0920. The first kappa shape index (κ1) is 13.9. The highest BCUT2D eigenvalue weighted by atomic mass is 16.3. The molecule has 0 amide bonds. The van der Waals surface area contributed by atoms with Gasteiger partial charge in [0.15, 0.2) is 0 Å². The summed E-state index contributed by atoms with van der Waals surface area (Å²) < 4.78 is 0. The average Bonchev–Trinajstić information content (AvgIpc) is 2.00. The molecule has 86 valence electrons. The van der Waals surface area contributed by atoms with Crippen LogP contribution in [0.15, 0.2) is 0 Å². The Morgan fingerprint density at radius 2 is 1.64 bits per heavy atom. The molecule has 0 rings (SSSR count). The minimum Gasteiger partial charge on any atom is -0.389 e. The van der Waals surface area contributed by atoms with Crippen LogP contribution in [-0.4, -0.2) is 22.8 Å². The molecule has 0 radical (unpaired) electrons. The maximum absolute atomic E-state index is 10.0. The van der Waals surface area contributed by atoms with E-state index in [-0.39, 0.29) is 5.54 Å². The summed E-state index contributed by atoms with van der Waals surface area (Å²) in [6.45, 7) is 11.1. The van der Waals surface area contributed by atoms with E-state index in [0.29, 0.717) is 6.54 Å². The van der Waals surface area contributed by atoms with E-state index in [9.17, 15) is 5.11 Å². The van der Waals surface area contributed by atoms with Crippen molar-refractivity contribution < 1.29 is 5.11 Å². The zero-order chi connectivity index (χ0) is 11.2. The van der Waals surface area contributed by atoms with Crippen molar-refractivity contribution >= 4 is 0 Å². The molecule has 0 heterocycles. The van der Waals surface area contributed by atoms with Crippen molar-refractivity contribution in [2.75, 3.05) is 6.54 Å². The highest BCUT2D eigenvalue weighted by molar-refractivity contribution is 4.80. The number of hydrogen-bond donors (Lipinski definition) is 2. The van der Waals surface area contributed by atoms with Crippen LogP contribution in [0, 0.1) is 0 Å². The lowest BCUT2D eigenvalue weighted by atomic mass is 9.97. The second-order valence-corrected chi connectivity index (χ2v) is 5.56. The average molecular weight is 201 g/mol. The first-order valence-electron chi connectivity index (χ1n) is 5.74. The van der Waals surface area contributed by atoms with Crippen molar-refractivity contribution in [3.63, 3.8) is 0 Å². The van der Waals surface area contributed by atoms with Gasteiger partial charge < -0.3 is 10.4 Å². The molecule has 0 aromatic heterocycles. The molecule has 1 unspecified atom stereocenters. The standard InChI is InChI=1S/C12H27NO/c1-6-7-8-9-12(5,14)10-13-11(2,3)4/h13-14H,6-10H2,1-5H3. The normalized spacial score (nSPS) is 16.7. The van der Waals surface area contributed by atoms with Gasteiger partial charge in [0.05, 0.1) is 5.60 Å².